The van der Waals surface area contributed by atoms with E-state index in [1.54, 1.807) is 0 Å². The summed E-state index contributed by atoms with van der Waals surface area (Å²) < 4.78 is 29.6. The van der Waals surface area contributed by atoms with Crippen LogP contribution < -0.4 is 5.32 Å². The van der Waals surface area contributed by atoms with Crippen molar-refractivity contribution >= 4 is 13.9 Å². The van der Waals surface area contributed by atoms with Crippen LogP contribution in [0.1, 0.15) is 181 Å². The third kappa shape index (κ3) is 22.2. The number of hydrogen-bond acceptors (Lipinski definition) is 5. The Morgan fingerprint density at radius 1 is 0.688 bits per heavy atom. The Kier molecular flexibility index (Phi) is 25.4. The zero-order valence-electron chi connectivity index (χ0n) is 31.6. The number of phosphoric ester groups is 1. The number of quaternary nitrogens is 1. The zero-order valence-corrected chi connectivity index (χ0v) is 32.5. The van der Waals surface area contributed by atoms with Gasteiger partial charge in [-0.2, -0.15) is 0 Å². The van der Waals surface area contributed by atoms with E-state index in [2.05, 4.69) is 12.2 Å². The van der Waals surface area contributed by atoms with Crippen LogP contribution in [0.2, 0.25) is 0 Å². The van der Waals surface area contributed by atoms with Crippen molar-refractivity contribution < 1.29 is 32.5 Å². The van der Waals surface area contributed by atoms with Gasteiger partial charge in [0.05, 0.1) is 46.0 Å². The topological polar surface area (TPSA) is 94.1 Å². The van der Waals surface area contributed by atoms with Crippen LogP contribution in [0.4, 0.5) is 4.79 Å². The van der Waals surface area contributed by atoms with Crippen LogP contribution >= 0.6 is 7.82 Å². The Hall–Kier alpha value is -0.660. The molecule has 2 N–H and O–H groups in total. The number of phosphoric acid groups is 1. The molecule has 2 atom stereocenters. The maximum atomic E-state index is 12.4. The molecule has 0 aromatic heterocycles. The van der Waals surface area contributed by atoms with Gasteiger partial charge in [0.15, 0.2) is 0 Å². The van der Waals surface area contributed by atoms with Gasteiger partial charge in [0.25, 0.3) is 0 Å². The first-order valence-corrected chi connectivity index (χ1v) is 22.2. The fourth-order valence-corrected chi connectivity index (χ4v) is 8.53. The summed E-state index contributed by atoms with van der Waals surface area (Å²) >= 11 is 0. The number of amides is 1. The normalized spacial score (nSPS) is 20.9. The van der Waals surface area contributed by atoms with Gasteiger partial charge in [0.1, 0.15) is 0 Å². The van der Waals surface area contributed by atoms with E-state index in [9.17, 15) is 14.3 Å². The standard InChI is InChI=1S/C39H77N2O6P/c1-3-5-6-7-8-9-10-11-12-13-14-15-16-17-18-19-20-21-22-29-40-39(42)45-35-38(25-4-2)36-47-48(43,44)46-34-24-23-30-41-31-26-37(27-32-41)28-33-41/h37-38H,3-36H2,1-2H3,(H-,40,42,43,44)/p+1. The fourth-order valence-electron chi connectivity index (χ4n) is 7.70. The van der Waals surface area contributed by atoms with Crippen molar-refractivity contribution in [3.8, 4) is 0 Å². The molecular weight excluding hydrogens is 623 g/mol. The Morgan fingerprint density at radius 2 is 1.19 bits per heavy atom. The number of carbonyl (C=O) groups excluding carboxylic acids is 1. The second kappa shape index (κ2) is 28.0. The molecular formula is C39H78N2O6P+. The molecule has 0 aromatic rings. The van der Waals surface area contributed by atoms with Gasteiger partial charge in [-0.05, 0) is 50.9 Å². The predicted octanol–water partition coefficient (Wildman–Crippen LogP) is 11.1. The molecule has 284 valence electrons. The van der Waals surface area contributed by atoms with Crippen LogP contribution in [0, 0.1) is 11.8 Å². The molecule has 0 saturated carbocycles. The lowest BCUT2D eigenvalue weighted by atomic mass is 9.85. The quantitative estimate of drug-likeness (QED) is 0.0402. The van der Waals surface area contributed by atoms with E-state index >= 15 is 0 Å². The van der Waals surface area contributed by atoms with Crippen molar-refractivity contribution in [1.29, 1.82) is 0 Å². The molecule has 2 bridgehead atoms. The summed E-state index contributed by atoms with van der Waals surface area (Å²) in [5.41, 5.74) is 0. The number of nitrogens with zero attached hydrogens (tertiary/aromatic N) is 1. The molecule has 3 saturated heterocycles. The Balaban J connectivity index is 1.36. The van der Waals surface area contributed by atoms with Crippen molar-refractivity contribution in [3.05, 3.63) is 0 Å². The van der Waals surface area contributed by atoms with Crippen LogP contribution in [0.15, 0.2) is 0 Å². The van der Waals surface area contributed by atoms with E-state index in [1.165, 1.54) is 153 Å². The maximum absolute atomic E-state index is 12.4. The summed E-state index contributed by atoms with van der Waals surface area (Å²) in [5, 5.41) is 2.85. The van der Waals surface area contributed by atoms with Crippen molar-refractivity contribution in [2.24, 2.45) is 11.8 Å². The van der Waals surface area contributed by atoms with Gasteiger partial charge in [-0.3, -0.25) is 9.05 Å². The van der Waals surface area contributed by atoms with Gasteiger partial charge >= 0.3 is 13.9 Å². The van der Waals surface area contributed by atoms with E-state index in [0.29, 0.717) is 6.54 Å². The number of piperidine rings is 3. The SMILES string of the molecule is CCCCCCCCCCCCCCCCCCCCCNC(=O)OCC(CCC)COP(=O)(O)OCCCC[N+]12CCC(CC1)CC2. The lowest BCUT2D eigenvalue weighted by molar-refractivity contribution is -0.942. The highest BCUT2D eigenvalue weighted by Gasteiger charge is 2.39. The minimum absolute atomic E-state index is 0.0371. The summed E-state index contributed by atoms with van der Waals surface area (Å²) in [6.07, 6.45) is 32.7. The van der Waals surface area contributed by atoms with Crippen molar-refractivity contribution in [2.75, 3.05) is 52.5 Å². The Morgan fingerprint density at radius 3 is 1.69 bits per heavy atom. The monoisotopic (exact) mass is 702 g/mol. The summed E-state index contributed by atoms with van der Waals surface area (Å²) in [6.45, 7) is 10.4. The second-order valence-electron chi connectivity index (χ2n) is 15.3. The Labute approximate surface area is 296 Å². The zero-order chi connectivity index (χ0) is 34.6. The van der Waals surface area contributed by atoms with Gasteiger partial charge < -0.3 is 19.4 Å². The van der Waals surface area contributed by atoms with E-state index in [0.717, 1.165) is 51.0 Å². The molecule has 3 heterocycles. The summed E-state index contributed by atoms with van der Waals surface area (Å²) in [5.74, 6) is 0.813. The average molecular weight is 702 g/mol. The summed E-state index contributed by atoms with van der Waals surface area (Å²) in [6, 6.07) is 0. The minimum Gasteiger partial charge on any atom is -0.449 e. The number of fused-ring (bicyclic) bond motifs is 3. The molecule has 9 heteroatoms. The number of hydrogen-bond donors (Lipinski definition) is 2. The van der Waals surface area contributed by atoms with E-state index in [-0.39, 0.29) is 25.7 Å². The van der Waals surface area contributed by atoms with Crippen molar-refractivity contribution in [1.82, 2.24) is 5.32 Å². The molecule has 0 aromatic carbocycles. The Bertz CT molecular complexity index is 809. The maximum Gasteiger partial charge on any atom is 0.472 e. The number of unbranched alkanes of at least 4 members (excludes halogenated alkanes) is 19. The van der Waals surface area contributed by atoms with Gasteiger partial charge in [-0.15, -0.1) is 0 Å². The molecule has 8 nitrogen and oxygen atoms in total. The largest absolute Gasteiger partial charge is 0.472 e. The van der Waals surface area contributed by atoms with Crippen LogP contribution in [-0.4, -0.2) is 68.0 Å². The number of alkyl carbamates (subject to hydrolysis) is 1. The first-order chi connectivity index (χ1) is 23.4. The predicted molar refractivity (Wildman–Crippen MR) is 199 cm³/mol. The molecule has 3 fully saturated rings. The van der Waals surface area contributed by atoms with Crippen LogP contribution in [-0.2, 0) is 18.3 Å². The lowest BCUT2D eigenvalue weighted by Gasteiger charge is -2.49. The molecule has 0 radical (unpaired) electrons. The van der Waals surface area contributed by atoms with Crippen LogP contribution in [0.3, 0.4) is 0 Å². The molecule has 3 aliphatic heterocycles. The van der Waals surface area contributed by atoms with Crippen molar-refractivity contribution in [2.45, 2.75) is 181 Å². The van der Waals surface area contributed by atoms with Gasteiger partial charge in [-0.1, -0.05) is 136 Å². The number of nitrogens with one attached hydrogen (secondary N) is 1. The van der Waals surface area contributed by atoms with E-state index in [1.807, 2.05) is 6.92 Å². The molecule has 0 spiro atoms. The van der Waals surface area contributed by atoms with Crippen molar-refractivity contribution in [3.63, 3.8) is 0 Å². The van der Waals surface area contributed by atoms with Crippen LogP contribution in [0.25, 0.3) is 0 Å². The second-order valence-corrected chi connectivity index (χ2v) is 16.8. The average Bonchev–Trinajstić information content (AvgIpc) is 3.09. The fraction of sp³-hybridized carbons (Fsp3) is 0.974. The van der Waals surface area contributed by atoms with Gasteiger partial charge in [0, 0.05) is 12.5 Å². The first kappa shape index (κ1) is 43.5. The molecule has 1 amide bonds. The van der Waals surface area contributed by atoms with Gasteiger partial charge in [0.2, 0.25) is 0 Å². The van der Waals surface area contributed by atoms with Crippen LogP contribution in [0.5, 0.6) is 0 Å². The lowest BCUT2D eigenvalue weighted by Crippen LogP contribution is -2.58. The summed E-state index contributed by atoms with van der Waals surface area (Å²) in [7, 11) is -4.12. The molecule has 3 aliphatic rings. The summed E-state index contributed by atoms with van der Waals surface area (Å²) in [4.78, 5) is 22.4. The number of carbonyl (C=O) groups is 1. The smallest absolute Gasteiger partial charge is 0.449 e. The molecule has 3 rings (SSSR count). The minimum atomic E-state index is -4.12. The highest BCUT2D eigenvalue weighted by atomic mass is 31.2. The first-order valence-electron chi connectivity index (χ1n) is 20.8. The third-order valence-electron chi connectivity index (χ3n) is 11.0. The highest BCUT2D eigenvalue weighted by molar-refractivity contribution is 7.47. The number of rotatable bonds is 33. The molecule has 48 heavy (non-hydrogen) atoms. The highest BCUT2D eigenvalue weighted by Crippen LogP contribution is 2.44. The molecule has 2 unspecified atom stereocenters. The van der Waals surface area contributed by atoms with Gasteiger partial charge in [-0.25, -0.2) is 9.36 Å². The molecule has 0 aliphatic carbocycles. The van der Waals surface area contributed by atoms with E-state index in [4.69, 9.17) is 13.8 Å². The third-order valence-corrected chi connectivity index (χ3v) is 12.0. The number of ether oxygens (including phenoxy) is 1. The van der Waals surface area contributed by atoms with E-state index < -0.39 is 13.9 Å².